The van der Waals surface area contributed by atoms with Crippen LogP contribution < -0.4 is 10.2 Å². The van der Waals surface area contributed by atoms with Crippen molar-refractivity contribution in [3.05, 3.63) is 28.8 Å². The van der Waals surface area contributed by atoms with E-state index >= 15 is 0 Å². The molecule has 0 aliphatic carbocycles. The molecule has 0 amide bonds. The molecule has 0 fully saturated rings. The lowest BCUT2D eigenvalue weighted by molar-refractivity contribution is 0.288. The van der Waals surface area contributed by atoms with Crippen LogP contribution in [0.3, 0.4) is 0 Å². The van der Waals surface area contributed by atoms with Gasteiger partial charge in [-0.05, 0) is 44.0 Å². The van der Waals surface area contributed by atoms with Gasteiger partial charge in [0, 0.05) is 42.5 Å². The number of aliphatic hydroxyl groups is 1. The van der Waals surface area contributed by atoms with Crippen molar-refractivity contribution in [2.45, 2.75) is 52.7 Å². The third-order valence-electron chi connectivity index (χ3n) is 3.23. The summed E-state index contributed by atoms with van der Waals surface area (Å²) >= 11 is 6.13. The number of benzene rings is 1. The Kier molecular flexibility index (Phi) is 7.35. The first-order valence-electron chi connectivity index (χ1n) is 7.35. The quantitative estimate of drug-likeness (QED) is 0.772. The number of aliphatic hydroxyl groups excluding tert-OH is 1. The van der Waals surface area contributed by atoms with E-state index in [2.05, 4.69) is 44.0 Å². The lowest BCUT2D eigenvalue weighted by Crippen LogP contribution is -2.34. The van der Waals surface area contributed by atoms with E-state index in [1.807, 2.05) is 12.1 Å². The molecule has 0 saturated heterocycles. The molecule has 114 valence electrons. The van der Waals surface area contributed by atoms with Gasteiger partial charge in [-0.3, -0.25) is 0 Å². The molecule has 20 heavy (non-hydrogen) atoms. The van der Waals surface area contributed by atoms with Crippen molar-refractivity contribution in [1.82, 2.24) is 5.32 Å². The lowest BCUT2D eigenvalue weighted by atomic mass is 10.1. The predicted molar refractivity (Wildman–Crippen MR) is 87.6 cm³/mol. The molecule has 0 spiro atoms. The zero-order valence-corrected chi connectivity index (χ0v) is 13.7. The van der Waals surface area contributed by atoms with E-state index in [0.717, 1.165) is 24.5 Å². The van der Waals surface area contributed by atoms with Gasteiger partial charge in [-0.25, -0.2) is 0 Å². The molecule has 0 unspecified atom stereocenters. The molecule has 1 rings (SSSR count). The van der Waals surface area contributed by atoms with E-state index in [1.165, 1.54) is 11.3 Å². The van der Waals surface area contributed by atoms with Crippen molar-refractivity contribution in [3.63, 3.8) is 0 Å². The molecular formula is C16H27ClN2O. The van der Waals surface area contributed by atoms with Gasteiger partial charge < -0.3 is 15.3 Å². The third-order valence-corrected chi connectivity index (χ3v) is 3.47. The van der Waals surface area contributed by atoms with Crippen LogP contribution in [0.5, 0.6) is 0 Å². The normalized spacial score (nSPS) is 11.4. The first-order valence-corrected chi connectivity index (χ1v) is 7.72. The number of anilines is 1. The fourth-order valence-corrected chi connectivity index (χ4v) is 2.38. The van der Waals surface area contributed by atoms with Gasteiger partial charge in [0.1, 0.15) is 0 Å². The number of nitrogens with zero attached hydrogens (tertiary/aromatic N) is 1. The van der Waals surface area contributed by atoms with Crippen molar-refractivity contribution in [2.24, 2.45) is 0 Å². The minimum Gasteiger partial charge on any atom is -0.396 e. The topological polar surface area (TPSA) is 35.5 Å². The van der Waals surface area contributed by atoms with E-state index in [4.69, 9.17) is 16.7 Å². The second kappa shape index (κ2) is 8.50. The van der Waals surface area contributed by atoms with Gasteiger partial charge in [0.2, 0.25) is 0 Å². The van der Waals surface area contributed by atoms with Gasteiger partial charge in [-0.2, -0.15) is 0 Å². The van der Waals surface area contributed by atoms with Crippen molar-refractivity contribution >= 4 is 17.3 Å². The van der Waals surface area contributed by atoms with E-state index in [9.17, 15) is 0 Å². The molecule has 1 aromatic rings. The molecule has 0 saturated carbocycles. The van der Waals surface area contributed by atoms with Gasteiger partial charge in [0.15, 0.2) is 0 Å². The summed E-state index contributed by atoms with van der Waals surface area (Å²) in [5.41, 5.74) is 2.41. The van der Waals surface area contributed by atoms with Gasteiger partial charge in [-0.1, -0.05) is 25.4 Å². The molecular weight excluding hydrogens is 272 g/mol. The zero-order valence-electron chi connectivity index (χ0n) is 13.0. The number of hydrogen-bond donors (Lipinski definition) is 2. The highest BCUT2D eigenvalue weighted by atomic mass is 35.5. The average molecular weight is 299 g/mol. The van der Waals surface area contributed by atoms with Crippen LogP contribution in [0.4, 0.5) is 5.69 Å². The zero-order chi connectivity index (χ0) is 15.1. The predicted octanol–water partition coefficient (Wildman–Crippen LogP) is 3.44. The summed E-state index contributed by atoms with van der Waals surface area (Å²) in [6.07, 6.45) is 0.776. The van der Waals surface area contributed by atoms with Crippen LogP contribution >= 0.6 is 11.6 Å². The Hall–Kier alpha value is -0.770. The molecule has 0 aliphatic rings. The van der Waals surface area contributed by atoms with E-state index < -0.39 is 0 Å². The van der Waals surface area contributed by atoms with Gasteiger partial charge in [0.25, 0.3) is 0 Å². The van der Waals surface area contributed by atoms with Crippen molar-refractivity contribution in [3.8, 4) is 0 Å². The summed E-state index contributed by atoms with van der Waals surface area (Å²) in [4.78, 5) is 2.32. The molecule has 0 aromatic heterocycles. The molecule has 0 atom stereocenters. The molecule has 0 heterocycles. The Morgan fingerprint density at radius 1 is 1.25 bits per heavy atom. The lowest BCUT2D eigenvalue weighted by Gasteiger charge is -2.31. The number of rotatable bonds is 8. The molecule has 0 radical (unpaired) electrons. The summed E-state index contributed by atoms with van der Waals surface area (Å²) in [5.74, 6) is 0. The van der Waals surface area contributed by atoms with Crippen LogP contribution in [0.15, 0.2) is 18.2 Å². The fourth-order valence-electron chi connectivity index (χ4n) is 2.19. The first-order chi connectivity index (χ1) is 9.45. The largest absolute Gasteiger partial charge is 0.396 e. The molecule has 0 bridgehead atoms. The van der Waals surface area contributed by atoms with E-state index in [-0.39, 0.29) is 6.61 Å². The Morgan fingerprint density at radius 3 is 2.50 bits per heavy atom. The van der Waals surface area contributed by atoms with Crippen molar-refractivity contribution in [2.75, 3.05) is 18.1 Å². The van der Waals surface area contributed by atoms with Crippen LogP contribution in [0.25, 0.3) is 0 Å². The Bertz CT molecular complexity index is 407. The molecule has 3 nitrogen and oxygen atoms in total. The van der Waals surface area contributed by atoms with E-state index in [0.29, 0.717) is 12.1 Å². The van der Waals surface area contributed by atoms with Crippen LogP contribution in [0, 0.1) is 0 Å². The number of halogens is 1. The number of hydrogen-bond acceptors (Lipinski definition) is 3. The maximum Gasteiger partial charge on any atom is 0.0447 e. The van der Waals surface area contributed by atoms with Gasteiger partial charge in [0.05, 0.1) is 0 Å². The smallest absolute Gasteiger partial charge is 0.0447 e. The second-order valence-corrected chi connectivity index (χ2v) is 6.11. The molecule has 4 heteroatoms. The molecule has 0 aliphatic heterocycles. The summed E-state index contributed by atoms with van der Waals surface area (Å²) in [5, 5.41) is 13.3. The Balaban J connectivity index is 2.99. The standard InChI is InChI=1S/C16H27ClN2O/c1-12(2)18-11-14-10-15(17)6-7-16(14)19(13(3)4)8-5-9-20/h6-7,10,12-13,18,20H,5,8-9,11H2,1-4H3. The van der Waals surface area contributed by atoms with Crippen LogP contribution in [0.2, 0.25) is 5.02 Å². The maximum atomic E-state index is 9.07. The second-order valence-electron chi connectivity index (χ2n) is 5.67. The van der Waals surface area contributed by atoms with Crippen molar-refractivity contribution < 1.29 is 5.11 Å². The SMILES string of the molecule is CC(C)NCc1cc(Cl)ccc1N(CCCO)C(C)C. The minimum absolute atomic E-state index is 0.219. The van der Waals surface area contributed by atoms with Crippen molar-refractivity contribution in [1.29, 1.82) is 0 Å². The monoisotopic (exact) mass is 298 g/mol. The number of nitrogens with one attached hydrogen (secondary N) is 1. The van der Waals surface area contributed by atoms with Crippen LogP contribution in [0.1, 0.15) is 39.7 Å². The third kappa shape index (κ3) is 5.31. The van der Waals surface area contributed by atoms with E-state index in [1.54, 1.807) is 0 Å². The van der Waals surface area contributed by atoms with Gasteiger partial charge in [-0.15, -0.1) is 0 Å². The summed E-state index contributed by atoms with van der Waals surface area (Å²) in [6, 6.07) is 6.87. The van der Waals surface area contributed by atoms with Gasteiger partial charge >= 0.3 is 0 Å². The fraction of sp³-hybridized carbons (Fsp3) is 0.625. The summed E-state index contributed by atoms with van der Waals surface area (Å²) in [7, 11) is 0. The first kappa shape index (κ1) is 17.3. The molecule has 1 aromatic carbocycles. The average Bonchev–Trinajstić information content (AvgIpc) is 2.38. The maximum absolute atomic E-state index is 9.07. The highest BCUT2D eigenvalue weighted by Gasteiger charge is 2.14. The Labute approximate surface area is 127 Å². The van der Waals surface area contributed by atoms with Crippen LogP contribution in [-0.2, 0) is 6.54 Å². The minimum atomic E-state index is 0.219. The van der Waals surface area contributed by atoms with Crippen LogP contribution in [-0.4, -0.2) is 30.3 Å². The highest BCUT2D eigenvalue weighted by molar-refractivity contribution is 6.30. The molecule has 2 N–H and O–H groups in total. The Morgan fingerprint density at radius 2 is 1.95 bits per heavy atom. The summed E-state index contributed by atoms with van der Waals surface area (Å²) in [6.45, 7) is 10.5. The highest BCUT2D eigenvalue weighted by Crippen LogP contribution is 2.26. The summed E-state index contributed by atoms with van der Waals surface area (Å²) < 4.78 is 0.